The van der Waals surface area contributed by atoms with Crippen LogP contribution in [0, 0.1) is 5.41 Å². The maximum atomic E-state index is 12.7. The number of likely N-dealkylation sites (tertiary alicyclic amines) is 1. The lowest BCUT2D eigenvalue weighted by Crippen LogP contribution is -2.49. The largest absolute Gasteiger partial charge is 0.467 e. The molecule has 0 radical (unpaired) electrons. The van der Waals surface area contributed by atoms with E-state index in [1.54, 1.807) is 11.2 Å². The molecule has 2 heterocycles. The Balaban J connectivity index is 1.51. The van der Waals surface area contributed by atoms with E-state index >= 15 is 0 Å². The predicted octanol–water partition coefficient (Wildman–Crippen LogP) is 3.65. The van der Waals surface area contributed by atoms with Gasteiger partial charge in [0.05, 0.1) is 12.9 Å². The summed E-state index contributed by atoms with van der Waals surface area (Å²) in [4.78, 5) is 27.1. The minimum absolute atomic E-state index is 0.0332. The Labute approximate surface area is 172 Å². The predicted molar refractivity (Wildman–Crippen MR) is 110 cm³/mol. The third-order valence-corrected chi connectivity index (χ3v) is 5.01. The summed E-state index contributed by atoms with van der Waals surface area (Å²) < 4.78 is 10.9. The number of amides is 2. The van der Waals surface area contributed by atoms with E-state index in [4.69, 9.17) is 9.15 Å². The van der Waals surface area contributed by atoms with Crippen molar-refractivity contribution in [2.45, 2.75) is 59.4 Å². The van der Waals surface area contributed by atoms with Crippen LogP contribution in [-0.4, -0.2) is 29.3 Å². The van der Waals surface area contributed by atoms with E-state index in [0.29, 0.717) is 32.7 Å². The molecule has 0 spiro atoms. The van der Waals surface area contributed by atoms with Crippen LogP contribution in [-0.2, 0) is 34.1 Å². The zero-order chi connectivity index (χ0) is 20.9. The monoisotopic (exact) mass is 398 g/mol. The second kappa shape index (κ2) is 9.27. The number of nitrogens with one attached hydrogen (secondary N) is 1. The van der Waals surface area contributed by atoms with Gasteiger partial charge < -0.3 is 19.4 Å². The van der Waals surface area contributed by atoms with Crippen molar-refractivity contribution in [3.63, 3.8) is 0 Å². The van der Waals surface area contributed by atoms with Gasteiger partial charge in [0.25, 0.3) is 0 Å². The molecule has 1 aromatic heterocycles. The fourth-order valence-electron chi connectivity index (χ4n) is 3.51. The van der Waals surface area contributed by atoms with Crippen LogP contribution >= 0.6 is 0 Å². The third kappa shape index (κ3) is 5.70. The molecule has 3 rings (SSSR count). The minimum Gasteiger partial charge on any atom is -0.467 e. The number of nitrogens with zero attached hydrogens (tertiary/aromatic N) is 1. The molecule has 1 atom stereocenters. The van der Waals surface area contributed by atoms with Crippen molar-refractivity contribution in [2.24, 2.45) is 5.41 Å². The van der Waals surface area contributed by atoms with Gasteiger partial charge in [-0.25, -0.2) is 0 Å². The van der Waals surface area contributed by atoms with Gasteiger partial charge in [-0.2, -0.15) is 0 Å². The Morgan fingerprint density at radius 2 is 1.97 bits per heavy atom. The smallest absolute Gasteiger partial charge is 0.243 e. The van der Waals surface area contributed by atoms with E-state index in [1.807, 2.05) is 57.2 Å². The number of hydrogen-bond donors (Lipinski definition) is 1. The van der Waals surface area contributed by atoms with E-state index in [1.165, 1.54) is 0 Å². The first-order valence-electron chi connectivity index (χ1n) is 10.1. The van der Waals surface area contributed by atoms with Gasteiger partial charge in [-0.1, -0.05) is 45.0 Å². The van der Waals surface area contributed by atoms with Crippen molar-refractivity contribution in [2.75, 3.05) is 6.54 Å². The summed E-state index contributed by atoms with van der Waals surface area (Å²) in [6.07, 6.45) is 3.21. The van der Waals surface area contributed by atoms with Crippen molar-refractivity contribution in [1.29, 1.82) is 0 Å². The van der Waals surface area contributed by atoms with Gasteiger partial charge in [0.2, 0.25) is 11.8 Å². The molecule has 2 amide bonds. The molecule has 1 aromatic carbocycles. The first kappa shape index (κ1) is 21.1. The van der Waals surface area contributed by atoms with Crippen molar-refractivity contribution < 1.29 is 18.7 Å². The van der Waals surface area contributed by atoms with Crippen LogP contribution in [0.25, 0.3) is 0 Å². The molecule has 0 aliphatic carbocycles. The van der Waals surface area contributed by atoms with Crippen LogP contribution in [0.3, 0.4) is 0 Å². The third-order valence-electron chi connectivity index (χ3n) is 5.01. The first-order chi connectivity index (χ1) is 13.8. The average Bonchev–Trinajstić information content (AvgIpc) is 3.37. The Morgan fingerprint density at radius 1 is 1.17 bits per heavy atom. The molecular formula is C23H30N2O4. The molecule has 0 saturated carbocycles. The quantitative estimate of drug-likeness (QED) is 0.773. The van der Waals surface area contributed by atoms with Crippen molar-refractivity contribution >= 4 is 11.8 Å². The fourth-order valence-corrected chi connectivity index (χ4v) is 3.51. The number of rotatable bonds is 7. The molecule has 29 heavy (non-hydrogen) atoms. The molecule has 0 bridgehead atoms. The van der Waals surface area contributed by atoms with E-state index in [0.717, 1.165) is 23.3 Å². The lowest BCUT2D eigenvalue weighted by atomic mass is 9.94. The molecule has 1 fully saturated rings. The second-order valence-electron chi connectivity index (χ2n) is 8.52. The highest BCUT2D eigenvalue weighted by Crippen LogP contribution is 2.25. The zero-order valence-corrected chi connectivity index (χ0v) is 17.4. The van der Waals surface area contributed by atoms with Crippen LogP contribution in [0.5, 0.6) is 0 Å². The van der Waals surface area contributed by atoms with Crippen LogP contribution in [0.4, 0.5) is 0 Å². The molecule has 1 saturated heterocycles. The van der Waals surface area contributed by atoms with Crippen molar-refractivity contribution in [3.05, 3.63) is 59.5 Å². The fraction of sp³-hybridized carbons (Fsp3) is 0.478. The van der Waals surface area contributed by atoms with Gasteiger partial charge in [0.1, 0.15) is 18.4 Å². The summed E-state index contributed by atoms with van der Waals surface area (Å²) in [5, 5.41) is 2.99. The van der Waals surface area contributed by atoms with Crippen LogP contribution < -0.4 is 5.32 Å². The highest BCUT2D eigenvalue weighted by atomic mass is 16.5. The van der Waals surface area contributed by atoms with Crippen molar-refractivity contribution in [3.8, 4) is 0 Å². The normalized spacial score (nSPS) is 16.8. The summed E-state index contributed by atoms with van der Waals surface area (Å²) in [6.45, 7) is 7.65. The summed E-state index contributed by atoms with van der Waals surface area (Å²) in [5.74, 6) is 0.741. The number of furan rings is 1. The molecule has 1 aliphatic rings. The number of ether oxygens (including phenoxy) is 1. The first-order valence-corrected chi connectivity index (χ1v) is 10.1. The zero-order valence-electron chi connectivity index (χ0n) is 17.4. The maximum absolute atomic E-state index is 12.7. The lowest BCUT2D eigenvalue weighted by molar-refractivity contribution is -0.144. The van der Waals surface area contributed by atoms with E-state index in [-0.39, 0.29) is 17.9 Å². The maximum Gasteiger partial charge on any atom is 0.243 e. The Bertz CT molecular complexity index is 824. The number of carbonyl (C=O) groups is 2. The van der Waals surface area contributed by atoms with Gasteiger partial charge in [-0.3, -0.25) is 9.59 Å². The Hall–Kier alpha value is -2.60. The number of benzene rings is 1. The molecule has 6 heteroatoms. The SMILES string of the molecule is CC(C)(C)C(=O)N1CCCC1C(=O)NCc1cccc(COCc2ccco2)c1. The number of carbonyl (C=O) groups excluding carboxylic acids is 2. The van der Waals surface area contributed by atoms with Gasteiger partial charge in [0, 0.05) is 18.5 Å². The molecule has 1 unspecified atom stereocenters. The highest BCUT2D eigenvalue weighted by molar-refractivity contribution is 5.90. The highest BCUT2D eigenvalue weighted by Gasteiger charge is 2.38. The molecular weight excluding hydrogens is 368 g/mol. The van der Waals surface area contributed by atoms with Gasteiger partial charge in [-0.15, -0.1) is 0 Å². The molecule has 6 nitrogen and oxygen atoms in total. The molecule has 156 valence electrons. The summed E-state index contributed by atoms with van der Waals surface area (Å²) >= 11 is 0. The second-order valence-corrected chi connectivity index (χ2v) is 8.52. The van der Waals surface area contributed by atoms with Gasteiger partial charge in [-0.05, 0) is 36.1 Å². The minimum atomic E-state index is -0.479. The number of hydrogen-bond acceptors (Lipinski definition) is 4. The standard InChI is InChI=1S/C23H30N2O4/c1-23(2,3)22(27)25-11-5-10-20(25)21(26)24-14-17-7-4-8-18(13-17)15-28-16-19-9-6-12-29-19/h4,6-9,12-13,20H,5,10-11,14-16H2,1-3H3,(H,24,26). The Kier molecular flexibility index (Phi) is 6.75. The molecule has 2 aromatic rings. The summed E-state index contributed by atoms with van der Waals surface area (Å²) in [6, 6.07) is 11.3. The summed E-state index contributed by atoms with van der Waals surface area (Å²) in [7, 11) is 0. The van der Waals surface area contributed by atoms with E-state index in [9.17, 15) is 9.59 Å². The van der Waals surface area contributed by atoms with Crippen LogP contribution in [0.1, 0.15) is 50.5 Å². The van der Waals surface area contributed by atoms with Gasteiger partial charge >= 0.3 is 0 Å². The topological polar surface area (TPSA) is 71.8 Å². The lowest BCUT2D eigenvalue weighted by Gasteiger charge is -2.30. The summed E-state index contributed by atoms with van der Waals surface area (Å²) in [5.41, 5.74) is 1.56. The Morgan fingerprint density at radius 3 is 2.69 bits per heavy atom. The van der Waals surface area contributed by atoms with Crippen molar-refractivity contribution in [1.82, 2.24) is 10.2 Å². The average molecular weight is 399 g/mol. The van der Waals surface area contributed by atoms with E-state index < -0.39 is 5.41 Å². The molecule has 1 N–H and O–H groups in total. The van der Waals surface area contributed by atoms with Crippen LogP contribution in [0.2, 0.25) is 0 Å². The molecule has 1 aliphatic heterocycles. The van der Waals surface area contributed by atoms with Crippen LogP contribution in [0.15, 0.2) is 47.1 Å². The van der Waals surface area contributed by atoms with E-state index in [2.05, 4.69) is 5.32 Å². The van der Waals surface area contributed by atoms with Gasteiger partial charge in [0.15, 0.2) is 0 Å².